The van der Waals surface area contributed by atoms with Gasteiger partial charge in [-0.05, 0) is 44.6 Å². The second-order valence-electron chi connectivity index (χ2n) is 3.23. The first-order valence-corrected chi connectivity index (χ1v) is 5.34. The zero-order valence-corrected chi connectivity index (χ0v) is 9.48. The van der Waals surface area contributed by atoms with E-state index in [2.05, 4.69) is 5.32 Å². The van der Waals surface area contributed by atoms with E-state index < -0.39 is 0 Å². The van der Waals surface area contributed by atoms with Gasteiger partial charge in [0.15, 0.2) is 0 Å². The zero-order chi connectivity index (χ0) is 11.1. The lowest BCUT2D eigenvalue weighted by Crippen LogP contribution is -2.09. The molecule has 0 radical (unpaired) electrons. The van der Waals surface area contributed by atoms with Crippen molar-refractivity contribution in [3.8, 4) is 5.75 Å². The van der Waals surface area contributed by atoms with Crippen LogP contribution in [0.1, 0.15) is 12.8 Å². The molecule has 1 rings (SSSR count). The third-order valence-corrected chi connectivity index (χ3v) is 2.27. The lowest BCUT2D eigenvalue weighted by Gasteiger charge is -2.07. The molecule has 2 nitrogen and oxygen atoms in total. The van der Waals surface area contributed by atoms with E-state index in [1.165, 1.54) is 12.1 Å². The van der Waals surface area contributed by atoms with Crippen LogP contribution in [0.25, 0.3) is 0 Å². The third kappa shape index (κ3) is 4.49. The molecule has 4 heteroatoms. The Morgan fingerprint density at radius 2 is 2.20 bits per heavy atom. The second-order valence-corrected chi connectivity index (χ2v) is 3.64. The van der Waals surface area contributed by atoms with Gasteiger partial charge in [-0.3, -0.25) is 0 Å². The molecule has 0 saturated carbocycles. The van der Waals surface area contributed by atoms with Crippen molar-refractivity contribution in [3.05, 3.63) is 29.0 Å². The summed E-state index contributed by atoms with van der Waals surface area (Å²) in [6, 6.07) is 4.15. The van der Waals surface area contributed by atoms with E-state index in [0.717, 1.165) is 19.4 Å². The SMILES string of the molecule is CNCCCCOc1ccc(F)cc1Cl. The van der Waals surface area contributed by atoms with Gasteiger partial charge in [-0.2, -0.15) is 0 Å². The van der Waals surface area contributed by atoms with Crippen molar-refractivity contribution < 1.29 is 9.13 Å². The van der Waals surface area contributed by atoms with Crippen molar-refractivity contribution in [1.82, 2.24) is 5.32 Å². The topological polar surface area (TPSA) is 21.3 Å². The number of hydrogen-bond donors (Lipinski definition) is 1. The number of ether oxygens (including phenoxy) is 1. The van der Waals surface area contributed by atoms with Crippen LogP contribution in [0, 0.1) is 5.82 Å². The number of halogens is 2. The van der Waals surface area contributed by atoms with Gasteiger partial charge >= 0.3 is 0 Å². The number of benzene rings is 1. The molecule has 0 aliphatic heterocycles. The van der Waals surface area contributed by atoms with E-state index in [4.69, 9.17) is 16.3 Å². The summed E-state index contributed by atoms with van der Waals surface area (Å²) in [6.45, 7) is 1.58. The van der Waals surface area contributed by atoms with Crippen molar-refractivity contribution in [1.29, 1.82) is 0 Å². The predicted molar refractivity (Wildman–Crippen MR) is 60.1 cm³/mol. The predicted octanol–water partition coefficient (Wildman–Crippen LogP) is 2.86. The monoisotopic (exact) mass is 231 g/mol. The quantitative estimate of drug-likeness (QED) is 0.761. The van der Waals surface area contributed by atoms with Crippen LogP contribution in [0.2, 0.25) is 5.02 Å². The first kappa shape index (κ1) is 12.3. The standard InChI is InChI=1S/C11H15ClFNO/c1-14-6-2-3-7-15-11-5-4-9(13)8-10(11)12/h4-5,8,14H,2-3,6-7H2,1H3. The van der Waals surface area contributed by atoms with Crippen LogP contribution in [-0.2, 0) is 0 Å². The molecule has 84 valence electrons. The van der Waals surface area contributed by atoms with Gasteiger partial charge in [0.05, 0.1) is 11.6 Å². The van der Waals surface area contributed by atoms with Gasteiger partial charge < -0.3 is 10.1 Å². The summed E-state index contributed by atoms with van der Waals surface area (Å²) in [6.07, 6.45) is 2.00. The van der Waals surface area contributed by atoms with Gasteiger partial charge in [0.2, 0.25) is 0 Å². The molecule has 1 N–H and O–H groups in total. The molecule has 0 heterocycles. The van der Waals surface area contributed by atoms with E-state index >= 15 is 0 Å². The van der Waals surface area contributed by atoms with Gasteiger partial charge in [0, 0.05) is 0 Å². The maximum atomic E-state index is 12.7. The van der Waals surface area contributed by atoms with Crippen LogP contribution in [0.15, 0.2) is 18.2 Å². The van der Waals surface area contributed by atoms with Crippen LogP contribution >= 0.6 is 11.6 Å². The van der Waals surface area contributed by atoms with Gasteiger partial charge in [0.25, 0.3) is 0 Å². The summed E-state index contributed by atoms with van der Waals surface area (Å²) in [5.41, 5.74) is 0. The molecule has 0 fully saturated rings. The first-order valence-electron chi connectivity index (χ1n) is 4.96. The molecule has 1 aromatic carbocycles. The molecule has 1 aromatic rings. The highest BCUT2D eigenvalue weighted by atomic mass is 35.5. The Labute approximate surface area is 94.4 Å². The first-order chi connectivity index (χ1) is 7.24. The highest BCUT2D eigenvalue weighted by Crippen LogP contribution is 2.24. The van der Waals surface area contributed by atoms with E-state index in [1.807, 2.05) is 7.05 Å². The molecular formula is C11H15ClFNO. The highest BCUT2D eigenvalue weighted by molar-refractivity contribution is 6.32. The number of rotatable bonds is 6. The van der Waals surface area contributed by atoms with Crippen LogP contribution < -0.4 is 10.1 Å². The van der Waals surface area contributed by atoms with Gasteiger partial charge in [-0.1, -0.05) is 11.6 Å². The maximum Gasteiger partial charge on any atom is 0.138 e. The Morgan fingerprint density at radius 1 is 1.40 bits per heavy atom. The molecule has 0 aromatic heterocycles. The maximum absolute atomic E-state index is 12.7. The molecule has 0 atom stereocenters. The lowest BCUT2D eigenvalue weighted by atomic mass is 10.3. The summed E-state index contributed by atoms with van der Waals surface area (Å²) in [7, 11) is 1.91. The van der Waals surface area contributed by atoms with Crippen molar-refractivity contribution in [2.75, 3.05) is 20.2 Å². The Balaban J connectivity index is 2.31. The van der Waals surface area contributed by atoms with E-state index in [-0.39, 0.29) is 5.82 Å². The minimum absolute atomic E-state index is 0.323. The van der Waals surface area contributed by atoms with Crippen molar-refractivity contribution in [3.63, 3.8) is 0 Å². The van der Waals surface area contributed by atoms with Crippen molar-refractivity contribution >= 4 is 11.6 Å². The molecular weight excluding hydrogens is 217 g/mol. The third-order valence-electron chi connectivity index (χ3n) is 1.97. The summed E-state index contributed by atoms with van der Waals surface area (Å²) in [4.78, 5) is 0. The van der Waals surface area contributed by atoms with Crippen LogP contribution in [0.5, 0.6) is 5.75 Å². The smallest absolute Gasteiger partial charge is 0.138 e. The minimum Gasteiger partial charge on any atom is -0.492 e. The summed E-state index contributed by atoms with van der Waals surface area (Å²) in [5, 5.41) is 3.38. The fourth-order valence-electron chi connectivity index (χ4n) is 1.18. The fraction of sp³-hybridized carbons (Fsp3) is 0.455. The fourth-order valence-corrected chi connectivity index (χ4v) is 1.40. The van der Waals surface area contributed by atoms with E-state index in [9.17, 15) is 4.39 Å². The molecule has 0 unspecified atom stereocenters. The number of unbranched alkanes of at least 4 members (excludes halogenated alkanes) is 1. The Bertz CT molecular complexity index is 307. The molecule has 0 saturated heterocycles. The van der Waals surface area contributed by atoms with Crippen molar-refractivity contribution in [2.45, 2.75) is 12.8 Å². The lowest BCUT2D eigenvalue weighted by molar-refractivity contribution is 0.306. The molecule has 15 heavy (non-hydrogen) atoms. The molecule has 0 aliphatic carbocycles. The molecule has 0 bridgehead atoms. The van der Waals surface area contributed by atoms with Crippen molar-refractivity contribution in [2.24, 2.45) is 0 Å². The largest absolute Gasteiger partial charge is 0.492 e. The van der Waals surface area contributed by atoms with E-state index in [0.29, 0.717) is 17.4 Å². The van der Waals surface area contributed by atoms with Crippen LogP contribution in [0.4, 0.5) is 4.39 Å². The Morgan fingerprint density at radius 3 is 2.87 bits per heavy atom. The van der Waals surface area contributed by atoms with Gasteiger partial charge in [0.1, 0.15) is 11.6 Å². The molecule has 0 aliphatic rings. The number of nitrogens with one attached hydrogen (secondary N) is 1. The Hall–Kier alpha value is -0.800. The highest BCUT2D eigenvalue weighted by Gasteiger charge is 2.02. The summed E-state index contributed by atoms with van der Waals surface area (Å²) < 4.78 is 18.1. The normalized spacial score (nSPS) is 10.3. The second kappa shape index (κ2) is 6.64. The van der Waals surface area contributed by atoms with Crippen LogP contribution in [0.3, 0.4) is 0 Å². The van der Waals surface area contributed by atoms with Gasteiger partial charge in [-0.25, -0.2) is 4.39 Å². The summed E-state index contributed by atoms with van der Waals surface area (Å²) in [5.74, 6) is 0.199. The average Bonchev–Trinajstić information content (AvgIpc) is 2.20. The molecule has 0 amide bonds. The Kier molecular flexibility index (Phi) is 5.43. The van der Waals surface area contributed by atoms with Gasteiger partial charge in [-0.15, -0.1) is 0 Å². The molecule has 0 spiro atoms. The van der Waals surface area contributed by atoms with Crippen LogP contribution in [-0.4, -0.2) is 20.2 Å². The average molecular weight is 232 g/mol. The summed E-state index contributed by atoms with van der Waals surface area (Å²) >= 11 is 5.79. The zero-order valence-electron chi connectivity index (χ0n) is 8.72. The van der Waals surface area contributed by atoms with E-state index in [1.54, 1.807) is 6.07 Å². The minimum atomic E-state index is -0.345. The number of hydrogen-bond acceptors (Lipinski definition) is 2.